The maximum Gasteiger partial charge on any atom is 0.387 e. The predicted molar refractivity (Wildman–Crippen MR) is 68.5 cm³/mol. The first-order chi connectivity index (χ1) is 9.60. The third-order valence-electron chi connectivity index (χ3n) is 2.65. The van der Waals surface area contributed by atoms with Crippen LogP contribution < -0.4 is 10.1 Å². The van der Waals surface area contributed by atoms with Crippen LogP contribution in [0, 0.1) is 0 Å². The lowest BCUT2D eigenvalue weighted by molar-refractivity contribution is -0.0498. The summed E-state index contributed by atoms with van der Waals surface area (Å²) in [6.07, 6.45) is 0. The number of nitrogens with zero attached hydrogens (tertiary/aromatic N) is 2. The maximum atomic E-state index is 12.0. The minimum atomic E-state index is -2.84. The fourth-order valence-electron chi connectivity index (χ4n) is 1.70. The summed E-state index contributed by atoms with van der Waals surface area (Å²) < 4.78 is 33.9. The van der Waals surface area contributed by atoms with Gasteiger partial charge in [-0.1, -0.05) is 6.92 Å². The zero-order valence-corrected chi connectivity index (χ0v) is 11.1. The van der Waals surface area contributed by atoms with Crippen LogP contribution in [0.25, 0.3) is 11.5 Å². The Morgan fingerprint density at radius 2 is 1.95 bits per heavy atom. The first-order valence-corrected chi connectivity index (χ1v) is 6.22. The molecule has 0 spiro atoms. The van der Waals surface area contributed by atoms with E-state index in [1.165, 1.54) is 12.1 Å². The van der Waals surface area contributed by atoms with E-state index in [0.717, 1.165) is 6.54 Å². The summed E-state index contributed by atoms with van der Waals surface area (Å²) in [6.45, 7) is 1.85. The molecule has 1 unspecified atom stereocenters. The van der Waals surface area contributed by atoms with E-state index in [4.69, 9.17) is 4.42 Å². The van der Waals surface area contributed by atoms with Crippen LogP contribution in [0.3, 0.4) is 0 Å². The molecule has 0 amide bonds. The lowest BCUT2D eigenvalue weighted by Crippen LogP contribution is -2.17. The molecule has 20 heavy (non-hydrogen) atoms. The Kier molecular flexibility index (Phi) is 4.62. The van der Waals surface area contributed by atoms with E-state index in [9.17, 15) is 8.78 Å². The lowest BCUT2D eigenvalue weighted by atomic mass is 10.2. The van der Waals surface area contributed by atoms with Crippen LogP contribution in [0.1, 0.15) is 25.8 Å². The molecule has 0 saturated carbocycles. The number of alkyl halides is 2. The molecule has 0 aliphatic carbocycles. The molecular formula is C13H15F2N3O2. The molecule has 0 aliphatic rings. The van der Waals surface area contributed by atoms with Gasteiger partial charge in [0.2, 0.25) is 11.8 Å². The van der Waals surface area contributed by atoms with Gasteiger partial charge in [0.25, 0.3) is 0 Å². The Bertz CT molecular complexity index is 543. The summed E-state index contributed by atoms with van der Waals surface area (Å²) in [7, 11) is 0. The maximum absolute atomic E-state index is 12.0. The first kappa shape index (κ1) is 14.4. The van der Waals surface area contributed by atoms with E-state index in [1.807, 2.05) is 13.8 Å². The van der Waals surface area contributed by atoms with E-state index in [1.54, 1.807) is 12.1 Å². The number of benzene rings is 1. The van der Waals surface area contributed by atoms with Crippen molar-refractivity contribution >= 4 is 0 Å². The normalized spacial score (nSPS) is 12.7. The molecule has 0 bridgehead atoms. The number of nitrogens with one attached hydrogen (secondary N) is 1. The molecule has 2 rings (SSSR count). The fourth-order valence-corrected chi connectivity index (χ4v) is 1.70. The van der Waals surface area contributed by atoms with Gasteiger partial charge in [-0.25, -0.2) is 0 Å². The van der Waals surface area contributed by atoms with Gasteiger partial charge in [0.05, 0.1) is 6.04 Å². The van der Waals surface area contributed by atoms with Gasteiger partial charge in [0.15, 0.2) is 0 Å². The highest BCUT2D eigenvalue weighted by atomic mass is 19.3. The van der Waals surface area contributed by atoms with E-state index in [2.05, 4.69) is 20.3 Å². The molecule has 1 atom stereocenters. The van der Waals surface area contributed by atoms with Crippen molar-refractivity contribution in [3.05, 3.63) is 30.2 Å². The SMILES string of the molecule is CCNC(C)c1nnc(-c2ccc(OC(F)F)cc2)o1. The van der Waals surface area contributed by atoms with Crippen LogP contribution in [0.2, 0.25) is 0 Å². The van der Waals surface area contributed by atoms with Gasteiger partial charge in [-0.15, -0.1) is 10.2 Å². The fraction of sp³-hybridized carbons (Fsp3) is 0.385. The van der Waals surface area contributed by atoms with Crippen LogP contribution in [0.5, 0.6) is 5.75 Å². The summed E-state index contributed by atoms with van der Waals surface area (Å²) >= 11 is 0. The summed E-state index contributed by atoms with van der Waals surface area (Å²) in [5.74, 6) is 0.910. The summed E-state index contributed by atoms with van der Waals surface area (Å²) in [4.78, 5) is 0. The molecule has 2 aromatic rings. The van der Waals surface area contributed by atoms with Gasteiger partial charge in [-0.2, -0.15) is 8.78 Å². The van der Waals surface area contributed by atoms with Gasteiger partial charge in [-0.05, 0) is 37.7 Å². The zero-order valence-electron chi connectivity index (χ0n) is 11.1. The number of rotatable bonds is 6. The minimum absolute atomic E-state index is 0.0392. The van der Waals surface area contributed by atoms with Crippen LogP contribution in [0.4, 0.5) is 8.78 Å². The molecule has 1 aromatic heterocycles. The summed E-state index contributed by atoms with van der Waals surface area (Å²) in [5, 5.41) is 11.0. The standard InChI is InChI=1S/C13H15F2N3O2/c1-3-16-8(2)11-17-18-12(20-11)9-4-6-10(7-5-9)19-13(14)15/h4-8,13,16H,3H2,1-2H3. The van der Waals surface area contributed by atoms with Crippen LogP contribution in [-0.2, 0) is 0 Å². The third-order valence-corrected chi connectivity index (χ3v) is 2.65. The summed E-state index contributed by atoms with van der Waals surface area (Å²) in [5.41, 5.74) is 0.647. The highest BCUT2D eigenvalue weighted by molar-refractivity contribution is 5.53. The Hall–Kier alpha value is -2.02. The highest BCUT2D eigenvalue weighted by Crippen LogP contribution is 2.23. The van der Waals surface area contributed by atoms with E-state index >= 15 is 0 Å². The predicted octanol–water partition coefficient (Wildman–Crippen LogP) is 3.01. The molecule has 1 aromatic carbocycles. The number of halogens is 2. The molecule has 0 radical (unpaired) electrons. The van der Waals surface area contributed by atoms with Crippen LogP contribution >= 0.6 is 0 Å². The number of hydrogen-bond donors (Lipinski definition) is 1. The molecular weight excluding hydrogens is 268 g/mol. The highest BCUT2D eigenvalue weighted by Gasteiger charge is 2.14. The smallest absolute Gasteiger partial charge is 0.387 e. The second-order valence-electron chi connectivity index (χ2n) is 4.13. The second kappa shape index (κ2) is 6.42. The second-order valence-corrected chi connectivity index (χ2v) is 4.13. The van der Waals surface area contributed by atoms with Gasteiger partial charge >= 0.3 is 6.61 Å². The first-order valence-electron chi connectivity index (χ1n) is 6.22. The van der Waals surface area contributed by atoms with Crippen molar-refractivity contribution in [1.82, 2.24) is 15.5 Å². The van der Waals surface area contributed by atoms with E-state index in [-0.39, 0.29) is 11.8 Å². The topological polar surface area (TPSA) is 60.2 Å². The number of aromatic nitrogens is 2. The third kappa shape index (κ3) is 3.51. The number of ether oxygens (including phenoxy) is 1. The van der Waals surface area contributed by atoms with Crippen molar-refractivity contribution in [2.24, 2.45) is 0 Å². The van der Waals surface area contributed by atoms with Crippen molar-refractivity contribution in [1.29, 1.82) is 0 Å². The Balaban J connectivity index is 2.11. The van der Waals surface area contributed by atoms with Crippen molar-refractivity contribution in [3.63, 3.8) is 0 Å². The molecule has 0 saturated heterocycles. The van der Waals surface area contributed by atoms with Crippen molar-refractivity contribution in [2.45, 2.75) is 26.5 Å². The minimum Gasteiger partial charge on any atom is -0.435 e. The largest absolute Gasteiger partial charge is 0.435 e. The monoisotopic (exact) mass is 283 g/mol. The van der Waals surface area contributed by atoms with Crippen molar-refractivity contribution in [3.8, 4) is 17.2 Å². The number of hydrogen-bond acceptors (Lipinski definition) is 5. The molecule has 0 aliphatic heterocycles. The van der Waals surface area contributed by atoms with Crippen molar-refractivity contribution < 1.29 is 17.9 Å². The van der Waals surface area contributed by atoms with Crippen molar-refractivity contribution in [2.75, 3.05) is 6.54 Å². The lowest BCUT2D eigenvalue weighted by Gasteiger charge is -2.06. The van der Waals surface area contributed by atoms with Crippen LogP contribution in [0.15, 0.2) is 28.7 Å². The zero-order chi connectivity index (χ0) is 14.5. The van der Waals surface area contributed by atoms with Crippen LogP contribution in [-0.4, -0.2) is 23.4 Å². The van der Waals surface area contributed by atoms with Gasteiger partial charge in [0, 0.05) is 5.56 Å². The molecule has 5 nitrogen and oxygen atoms in total. The molecule has 7 heteroatoms. The molecule has 1 N–H and O–H groups in total. The van der Waals surface area contributed by atoms with Gasteiger partial charge < -0.3 is 14.5 Å². The average molecular weight is 283 g/mol. The van der Waals surface area contributed by atoms with Gasteiger partial charge in [0.1, 0.15) is 5.75 Å². The Morgan fingerprint density at radius 3 is 2.55 bits per heavy atom. The average Bonchev–Trinajstić information content (AvgIpc) is 2.89. The van der Waals surface area contributed by atoms with E-state index in [0.29, 0.717) is 17.3 Å². The molecule has 0 fully saturated rings. The quantitative estimate of drug-likeness (QED) is 0.883. The molecule has 108 valence electrons. The van der Waals surface area contributed by atoms with Gasteiger partial charge in [-0.3, -0.25) is 0 Å². The molecule has 1 heterocycles. The summed E-state index contributed by atoms with van der Waals surface area (Å²) in [6, 6.07) is 6.00. The Labute approximate surface area is 115 Å². The Morgan fingerprint density at radius 1 is 1.25 bits per heavy atom. The van der Waals surface area contributed by atoms with E-state index < -0.39 is 6.61 Å².